The van der Waals surface area contributed by atoms with E-state index in [-0.39, 0.29) is 18.0 Å². The SMILES string of the molecule is CNC(c1ccncc1F)C1COc2ccccc2O1. The number of fused-ring (bicyclic) bond motifs is 1. The molecule has 0 amide bonds. The van der Waals surface area contributed by atoms with Crippen molar-refractivity contribution in [1.82, 2.24) is 10.3 Å². The highest BCUT2D eigenvalue weighted by Crippen LogP contribution is 2.34. The van der Waals surface area contributed by atoms with E-state index in [1.807, 2.05) is 24.3 Å². The van der Waals surface area contributed by atoms with Crippen LogP contribution < -0.4 is 14.8 Å². The summed E-state index contributed by atoms with van der Waals surface area (Å²) in [6.07, 6.45) is 2.48. The van der Waals surface area contributed by atoms with Crippen molar-refractivity contribution in [2.45, 2.75) is 12.1 Å². The summed E-state index contributed by atoms with van der Waals surface area (Å²) in [6, 6.07) is 8.82. The van der Waals surface area contributed by atoms with Crippen LogP contribution in [0.2, 0.25) is 0 Å². The van der Waals surface area contributed by atoms with Crippen LogP contribution in [0.5, 0.6) is 11.5 Å². The van der Waals surface area contributed by atoms with Crippen molar-refractivity contribution in [2.75, 3.05) is 13.7 Å². The number of rotatable bonds is 3. The highest BCUT2D eigenvalue weighted by Gasteiger charge is 2.30. The fourth-order valence-electron chi connectivity index (χ4n) is 2.38. The lowest BCUT2D eigenvalue weighted by Gasteiger charge is -2.32. The summed E-state index contributed by atoms with van der Waals surface area (Å²) in [7, 11) is 1.77. The third kappa shape index (κ3) is 2.32. The second-order valence-electron chi connectivity index (χ2n) is 4.58. The first-order valence-corrected chi connectivity index (χ1v) is 6.44. The molecule has 4 nitrogen and oxygen atoms in total. The number of halogens is 1. The molecular weight excluding hydrogens is 259 g/mol. The lowest BCUT2D eigenvalue weighted by atomic mass is 10.0. The molecule has 3 rings (SSSR count). The van der Waals surface area contributed by atoms with Gasteiger partial charge < -0.3 is 14.8 Å². The number of nitrogens with one attached hydrogen (secondary N) is 1. The first-order chi connectivity index (χ1) is 9.79. The summed E-state index contributed by atoms with van der Waals surface area (Å²) < 4.78 is 25.5. The molecule has 1 N–H and O–H groups in total. The number of pyridine rings is 1. The third-order valence-corrected chi connectivity index (χ3v) is 3.35. The van der Waals surface area contributed by atoms with Crippen LogP contribution in [0.4, 0.5) is 4.39 Å². The van der Waals surface area contributed by atoms with E-state index in [1.165, 1.54) is 6.20 Å². The second kappa shape index (κ2) is 5.46. The Hall–Kier alpha value is -2.14. The van der Waals surface area contributed by atoms with Crippen LogP contribution in [-0.4, -0.2) is 24.7 Å². The minimum Gasteiger partial charge on any atom is -0.486 e. The van der Waals surface area contributed by atoms with Crippen molar-refractivity contribution in [3.63, 3.8) is 0 Å². The van der Waals surface area contributed by atoms with Gasteiger partial charge in [0.15, 0.2) is 17.6 Å². The minimum absolute atomic E-state index is 0.299. The normalized spacial score (nSPS) is 18.6. The van der Waals surface area contributed by atoms with Crippen LogP contribution in [0, 0.1) is 5.82 Å². The number of hydrogen-bond acceptors (Lipinski definition) is 4. The van der Waals surface area contributed by atoms with Crippen LogP contribution in [0.25, 0.3) is 0 Å². The molecule has 0 radical (unpaired) electrons. The molecule has 1 aliphatic rings. The van der Waals surface area contributed by atoms with Gasteiger partial charge in [-0.2, -0.15) is 0 Å². The molecule has 0 fully saturated rings. The summed E-state index contributed by atoms with van der Waals surface area (Å²) in [4.78, 5) is 3.77. The molecule has 0 saturated heterocycles. The predicted molar refractivity (Wildman–Crippen MR) is 72.3 cm³/mol. The van der Waals surface area contributed by atoms with Gasteiger partial charge in [-0.05, 0) is 25.2 Å². The lowest BCUT2D eigenvalue weighted by molar-refractivity contribution is 0.0628. The summed E-state index contributed by atoms with van der Waals surface area (Å²) >= 11 is 0. The Morgan fingerprint density at radius 2 is 2.10 bits per heavy atom. The molecule has 2 unspecified atom stereocenters. The molecule has 0 saturated carbocycles. The number of para-hydroxylation sites is 2. The topological polar surface area (TPSA) is 43.4 Å². The van der Waals surface area contributed by atoms with Gasteiger partial charge in [0, 0.05) is 11.8 Å². The summed E-state index contributed by atoms with van der Waals surface area (Å²) in [6.45, 7) is 0.365. The Morgan fingerprint density at radius 3 is 2.85 bits per heavy atom. The third-order valence-electron chi connectivity index (χ3n) is 3.35. The van der Waals surface area contributed by atoms with E-state index in [4.69, 9.17) is 9.47 Å². The number of benzene rings is 1. The Morgan fingerprint density at radius 1 is 1.30 bits per heavy atom. The molecule has 20 heavy (non-hydrogen) atoms. The minimum atomic E-state index is -0.352. The molecule has 2 heterocycles. The van der Waals surface area contributed by atoms with Crippen molar-refractivity contribution >= 4 is 0 Å². The summed E-state index contributed by atoms with van der Waals surface area (Å²) in [5, 5.41) is 3.09. The Kier molecular flexibility index (Phi) is 3.52. The molecule has 1 aromatic heterocycles. The smallest absolute Gasteiger partial charge is 0.161 e. The predicted octanol–water partition coefficient (Wildman–Crippen LogP) is 2.32. The van der Waals surface area contributed by atoms with Crippen LogP contribution in [0.15, 0.2) is 42.7 Å². The summed E-state index contributed by atoms with van der Waals surface area (Å²) in [5.41, 5.74) is 0.524. The molecule has 1 aromatic carbocycles. The van der Waals surface area contributed by atoms with Crippen molar-refractivity contribution in [2.24, 2.45) is 0 Å². The van der Waals surface area contributed by atoms with Gasteiger partial charge in [0.1, 0.15) is 12.4 Å². The number of likely N-dealkylation sites (N-methyl/N-ethyl adjacent to an activating group) is 1. The van der Waals surface area contributed by atoms with Gasteiger partial charge in [-0.25, -0.2) is 4.39 Å². The van der Waals surface area contributed by atoms with Crippen molar-refractivity contribution < 1.29 is 13.9 Å². The van der Waals surface area contributed by atoms with Gasteiger partial charge >= 0.3 is 0 Å². The highest BCUT2D eigenvalue weighted by molar-refractivity contribution is 5.41. The fourth-order valence-corrected chi connectivity index (χ4v) is 2.38. The average Bonchev–Trinajstić information content (AvgIpc) is 2.50. The second-order valence-corrected chi connectivity index (χ2v) is 4.58. The van der Waals surface area contributed by atoms with Crippen molar-refractivity contribution in [3.05, 3.63) is 54.1 Å². The largest absolute Gasteiger partial charge is 0.486 e. The standard InChI is InChI=1S/C15H15FN2O2/c1-17-15(10-6-7-18-8-11(10)16)14-9-19-12-4-2-3-5-13(12)20-14/h2-8,14-15,17H,9H2,1H3. The van der Waals surface area contributed by atoms with Crippen molar-refractivity contribution in [1.29, 1.82) is 0 Å². The van der Waals surface area contributed by atoms with E-state index in [9.17, 15) is 4.39 Å². The maximum Gasteiger partial charge on any atom is 0.161 e. The first kappa shape index (κ1) is 12.9. The Balaban J connectivity index is 1.87. The molecule has 2 atom stereocenters. The van der Waals surface area contributed by atoms with Gasteiger partial charge in [-0.3, -0.25) is 4.98 Å². The molecule has 1 aliphatic heterocycles. The van der Waals surface area contributed by atoms with E-state index < -0.39 is 0 Å². The molecule has 0 aliphatic carbocycles. The van der Waals surface area contributed by atoms with E-state index in [0.29, 0.717) is 23.7 Å². The number of nitrogens with zero attached hydrogens (tertiary/aromatic N) is 1. The highest BCUT2D eigenvalue weighted by atomic mass is 19.1. The van der Waals surface area contributed by atoms with Crippen LogP contribution in [-0.2, 0) is 0 Å². The maximum absolute atomic E-state index is 13.9. The van der Waals surface area contributed by atoms with Crippen LogP contribution >= 0.6 is 0 Å². The van der Waals surface area contributed by atoms with Gasteiger partial charge in [0.2, 0.25) is 0 Å². The Bertz CT molecular complexity index is 606. The average molecular weight is 274 g/mol. The number of ether oxygens (including phenoxy) is 2. The monoisotopic (exact) mass is 274 g/mol. The van der Waals surface area contributed by atoms with Gasteiger partial charge in [-0.1, -0.05) is 12.1 Å². The van der Waals surface area contributed by atoms with E-state index in [1.54, 1.807) is 19.3 Å². The molecule has 5 heteroatoms. The van der Waals surface area contributed by atoms with E-state index >= 15 is 0 Å². The maximum atomic E-state index is 13.9. The van der Waals surface area contributed by atoms with E-state index in [2.05, 4.69) is 10.3 Å². The molecule has 0 spiro atoms. The molecule has 0 bridgehead atoms. The molecule has 104 valence electrons. The zero-order chi connectivity index (χ0) is 13.9. The quantitative estimate of drug-likeness (QED) is 0.933. The van der Waals surface area contributed by atoms with Gasteiger partial charge in [0.25, 0.3) is 0 Å². The zero-order valence-electron chi connectivity index (χ0n) is 11.0. The Labute approximate surface area is 116 Å². The fraction of sp³-hybridized carbons (Fsp3) is 0.267. The summed E-state index contributed by atoms with van der Waals surface area (Å²) in [5.74, 6) is 1.04. The van der Waals surface area contributed by atoms with E-state index in [0.717, 1.165) is 0 Å². The first-order valence-electron chi connectivity index (χ1n) is 6.44. The number of hydrogen-bond donors (Lipinski definition) is 1. The molecule has 2 aromatic rings. The molecular formula is C15H15FN2O2. The van der Waals surface area contributed by atoms with Gasteiger partial charge in [-0.15, -0.1) is 0 Å². The zero-order valence-corrected chi connectivity index (χ0v) is 11.0. The lowest BCUT2D eigenvalue weighted by Crippen LogP contribution is -2.40. The van der Waals surface area contributed by atoms with Gasteiger partial charge in [0.05, 0.1) is 12.2 Å². The van der Waals surface area contributed by atoms with Crippen LogP contribution in [0.1, 0.15) is 11.6 Å². The van der Waals surface area contributed by atoms with Crippen LogP contribution in [0.3, 0.4) is 0 Å². The number of aromatic nitrogens is 1. The van der Waals surface area contributed by atoms with Crippen molar-refractivity contribution in [3.8, 4) is 11.5 Å².